The molecule has 3 N–H and O–H groups in total. The van der Waals surface area contributed by atoms with E-state index in [9.17, 15) is 4.79 Å². The maximum Gasteiger partial charge on any atom is 0.242 e. The van der Waals surface area contributed by atoms with Crippen LogP contribution in [0.5, 0.6) is 5.88 Å². The van der Waals surface area contributed by atoms with E-state index < -0.39 is 0 Å². The molecule has 0 spiro atoms. The van der Waals surface area contributed by atoms with Gasteiger partial charge in [0.15, 0.2) is 0 Å². The normalized spacial score (nSPS) is 20.2. The van der Waals surface area contributed by atoms with Gasteiger partial charge < -0.3 is 10.1 Å². The van der Waals surface area contributed by atoms with Crippen LogP contribution in [0.1, 0.15) is 29.4 Å². The Balaban J connectivity index is 1.65. The maximum atomic E-state index is 12.4. The summed E-state index contributed by atoms with van der Waals surface area (Å²) in [5.41, 5.74) is 10.1. The quantitative estimate of drug-likeness (QED) is 0.774. The second-order valence-electron chi connectivity index (χ2n) is 5.92. The topological polar surface area (TPSA) is 93.1 Å². The summed E-state index contributed by atoms with van der Waals surface area (Å²) in [4.78, 5) is 16.5. The fourth-order valence-electron chi connectivity index (χ4n) is 3.02. The van der Waals surface area contributed by atoms with Crippen LogP contribution >= 0.6 is 0 Å². The summed E-state index contributed by atoms with van der Waals surface area (Å²) in [5.74, 6) is 0.410. The van der Waals surface area contributed by atoms with Gasteiger partial charge in [-0.05, 0) is 26.3 Å². The number of carbonyl (C=O) groups is 1. The summed E-state index contributed by atoms with van der Waals surface area (Å²) >= 11 is 0. The molecule has 3 rings (SSSR count). The molecule has 0 aromatic carbocycles. The van der Waals surface area contributed by atoms with Crippen LogP contribution in [0.25, 0.3) is 0 Å². The van der Waals surface area contributed by atoms with E-state index in [4.69, 9.17) is 4.74 Å². The monoisotopic (exact) mass is 330 g/mol. The highest BCUT2D eigenvalue weighted by Crippen LogP contribution is 2.27. The van der Waals surface area contributed by atoms with Crippen molar-refractivity contribution in [1.82, 2.24) is 25.6 Å². The second kappa shape index (κ2) is 6.58. The lowest BCUT2D eigenvalue weighted by Gasteiger charge is -2.11. The van der Waals surface area contributed by atoms with Gasteiger partial charge in [-0.1, -0.05) is 0 Å². The number of aryl methyl sites for hydroxylation is 2. The van der Waals surface area contributed by atoms with Crippen molar-refractivity contribution < 1.29 is 9.53 Å². The highest BCUT2D eigenvalue weighted by Gasteiger charge is 2.33. The van der Waals surface area contributed by atoms with Gasteiger partial charge in [-0.15, -0.1) is 0 Å². The average Bonchev–Trinajstić information content (AvgIpc) is 3.13. The van der Waals surface area contributed by atoms with Gasteiger partial charge in [0.1, 0.15) is 6.04 Å². The van der Waals surface area contributed by atoms with Crippen LogP contribution in [-0.4, -0.2) is 33.8 Å². The van der Waals surface area contributed by atoms with Crippen molar-refractivity contribution in [1.29, 1.82) is 0 Å². The molecule has 0 radical (unpaired) electrons. The lowest BCUT2D eigenvalue weighted by atomic mass is 10.00. The summed E-state index contributed by atoms with van der Waals surface area (Å²) in [6, 6.07) is 3.21. The van der Waals surface area contributed by atoms with E-state index in [0.717, 1.165) is 17.0 Å². The van der Waals surface area contributed by atoms with Crippen molar-refractivity contribution in [2.75, 3.05) is 12.4 Å². The number of pyridine rings is 1. The first-order valence-corrected chi connectivity index (χ1v) is 7.81. The van der Waals surface area contributed by atoms with Crippen LogP contribution in [0.15, 0.2) is 18.3 Å². The van der Waals surface area contributed by atoms with E-state index in [1.807, 2.05) is 25.6 Å². The first kappa shape index (κ1) is 16.4. The summed E-state index contributed by atoms with van der Waals surface area (Å²) in [6.45, 7) is 4.02. The number of rotatable bonds is 4. The van der Waals surface area contributed by atoms with Crippen molar-refractivity contribution in [2.24, 2.45) is 7.05 Å². The van der Waals surface area contributed by atoms with Crippen molar-refractivity contribution in [3.63, 3.8) is 0 Å². The van der Waals surface area contributed by atoms with Gasteiger partial charge >= 0.3 is 0 Å². The average molecular weight is 330 g/mol. The van der Waals surface area contributed by atoms with E-state index in [1.165, 1.54) is 0 Å². The smallest absolute Gasteiger partial charge is 0.242 e. The molecule has 2 unspecified atom stereocenters. The van der Waals surface area contributed by atoms with Crippen LogP contribution in [0.2, 0.25) is 0 Å². The number of hydrogen-bond donors (Lipinski definition) is 3. The molecule has 1 aliphatic rings. The Bertz CT molecular complexity index is 740. The largest absolute Gasteiger partial charge is 0.481 e. The highest BCUT2D eigenvalue weighted by molar-refractivity contribution is 5.94. The van der Waals surface area contributed by atoms with E-state index in [-0.39, 0.29) is 18.0 Å². The van der Waals surface area contributed by atoms with Gasteiger partial charge in [0, 0.05) is 24.4 Å². The van der Waals surface area contributed by atoms with Gasteiger partial charge in [0.05, 0.1) is 30.7 Å². The zero-order chi connectivity index (χ0) is 17.3. The third kappa shape index (κ3) is 3.10. The zero-order valence-electron chi connectivity index (χ0n) is 14.3. The van der Waals surface area contributed by atoms with Crippen LogP contribution in [0.3, 0.4) is 0 Å². The molecule has 1 saturated heterocycles. The summed E-state index contributed by atoms with van der Waals surface area (Å²) in [7, 11) is 3.48. The minimum Gasteiger partial charge on any atom is -0.481 e. The summed E-state index contributed by atoms with van der Waals surface area (Å²) in [5, 5.41) is 7.30. The lowest BCUT2D eigenvalue weighted by Crippen LogP contribution is -2.39. The van der Waals surface area contributed by atoms with Gasteiger partial charge in [-0.2, -0.15) is 5.10 Å². The van der Waals surface area contributed by atoms with Gasteiger partial charge in [-0.25, -0.2) is 15.8 Å². The summed E-state index contributed by atoms with van der Waals surface area (Å²) in [6.07, 6.45) is 2.23. The lowest BCUT2D eigenvalue weighted by molar-refractivity contribution is -0.117. The minimum absolute atomic E-state index is 0.0587. The van der Waals surface area contributed by atoms with E-state index in [0.29, 0.717) is 18.0 Å². The van der Waals surface area contributed by atoms with Gasteiger partial charge in [0.2, 0.25) is 11.8 Å². The zero-order valence-corrected chi connectivity index (χ0v) is 14.3. The molecule has 8 heteroatoms. The number of hydrogen-bond acceptors (Lipinski definition) is 6. The molecule has 2 aromatic heterocycles. The van der Waals surface area contributed by atoms with E-state index in [1.54, 1.807) is 25.4 Å². The molecular formula is C16H22N6O2. The molecule has 1 aliphatic heterocycles. The number of aromatic nitrogens is 3. The van der Waals surface area contributed by atoms with Crippen molar-refractivity contribution >= 4 is 11.6 Å². The number of amides is 1. The number of carbonyl (C=O) groups excluding carboxylic acids is 1. The molecule has 0 aliphatic carbocycles. The molecule has 0 saturated carbocycles. The Hall–Kier alpha value is -2.45. The van der Waals surface area contributed by atoms with Gasteiger partial charge in [-0.3, -0.25) is 9.48 Å². The summed E-state index contributed by atoms with van der Waals surface area (Å²) < 4.78 is 6.87. The number of methoxy groups -OCH3 is 1. The SMILES string of the molecule is COc1ccc(NC(=O)C2CC(c3c(C)nn(C)c3C)NN2)cn1. The predicted molar refractivity (Wildman–Crippen MR) is 89.5 cm³/mol. The first-order chi connectivity index (χ1) is 11.5. The molecule has 1 fully saturated rings. The van der Waals surface area contributed by atoms with Crippen molar-refractivity contribution in [3.05, 3.63) is 35.3 Å². The van der Waals surface area contributed by atoms with Crippen molar-refractivity contribution in [2.45, 2.75) is 32.4 Å². The molecule has 2 aromatic rings. The minimum atomic E-state index is -0.323. The number of ether oxygens (including phenoxy) is 1. The molecule has 0 bridgehead atoms. The Morgan fingerprint density at radius 1 is 1.38 bits per heavy atom. The number of hydrazine groups is 1. The standard InChI is InChI=1S/C16H22N6O2/c1-9-15(10(2)22(3)21-9)12-7-13(20-19-12)16(23)18-11-5-6-14(24-4)17-8-11/h5-6,8,12-13,19-20H,7H2,1-4H3,(H,18,23). The second-order valence-corrected chi connectivity index (χ2v) is 5.92. The fourth-order valence-corrected chi connectivity index (χ4v) is 3.02. The van der Waals surface area contributed by atoms with Gasteiger partial charge in [0.25, 0.3) is 0 Å². The third-order valence-electron chi connectivity index (χ3n) is 4.35. The molecule has 128 valence electrons. The molecule has 8 nitrogen and oxygen atoms in total. The van der Waals surface area contributed by atoms with Crippen LogP contribution in [-0.2, 0) is 11.8 Å². The van der Waals surface area contributed by atoms with Crippen LogP contribution < -0.4 is 20.9 Å². The Kier molecular flexibility index (Phi) is 4.50. The number of nitrogens with zero attached hydrogens (tertiary/aromatic N) is 3. The fraction of sp³-hybridized carbons (Fsp3) is 0.438. The van der Waals surface area contributed by atoms with E-state index in [2.05, 4.69) is 26.3 Å². The number of anilines is 1. The van der Waals surface area contributed by atoms with Crippen LogP contribution in [0, 0.1) is 13.8 Å². The number of nitrogens with one attached hydrogen (secondary N) is 3. The predicted octanol–water partition coefficient (Wildman–Crippen LogP) is 0.987. The first-order valence-electron chi connectivity index (χ1n) is 7.81. The molecule has 1 amide bonds. The molecular weight excluding hydrogens is 308 g/mol. The Morgan fingerprint density at radius 2 is 2.17 bits per heavy atom. The maximum absolute atomic E-state index is 12.4. The molecule has 2 atom stereocenters. The Labute approximate surface area is 140 Å². The highest BCUT2D eigenvalue weighted by atomic mass is 16.5. The van der Waals surface area contributed by atoms with Crippen molar-refractivity contribution in [3.8, 4) is 5.88 Å². The Morgan fingerprint density at radius 3 is 2.75 bits per heavy atom. The molecule has 24 heavy (non-hydrogen) atoms. The third-order valence-corrected chi connectivity index (χ3v) is 4.35. The van der Waals surface area contributed by atoms with Crippen LogP contribution in [0.4, 0.5) is 5.69 Å². The van der Waals surface area contributed by atoms with E-state index >= 15 is 0 Å². The molecule has 3 heterocycles.